The fourth-order valence-electron chi connectivity index (χ4n) is 2.41. The molecule has 3 rings (SSSR count). The number of benzene rings is 1. The maximum absolute atomic E-state index is 12.4. The number of carbonyl (C=O) groups excluding carboxylic acids is 1. The summed E-state index contributed by atoms with van der Waals surface area (Å²) in [7, 11) is 1.76. The molecule has 0 fully saturated rings. The molecule has 7 heteroatoms. The Hall–Kier alpha value is -3.09. The lowest BCUT2D eigenvalue weighted by molar-refractivity contribution is -0.131. The van der Waals surface area contributed by atoms with Gasteiger partial charge in [-0.15, -0.1) is 0 Å². The maximum atomic E-state index is 12.4. The van der Waals surface area contributed by atoms with Gasteiger partial charge in [0.05, 0.1) is 11.7 Å². The fourth-order valence-corrected chi connectivity index (χ4v) is 2.41. The molecule has 0 N–H and O–H groups in total. The van der Waals surface area contributed by atoms with E-state index in [0.29, 0.717) is 24.6 Å². The Morgan fingerprint density at radius 2 is 2.04 bits per heavy atom. The maximum Gasteiger partial charge on any atom is 0.227 e. The van der Waals surface area contributed by atoms with Crippen molar-refractivity contribution >= 4 is 5.91 Å². The second kappa shape index (κ2) is 7.65. The highest BCUT2D eigenvalue weighted by atomic mass is 16.5. The molecule has 1 aromatic carbocycles. The predicted molar refractivity (Wildman–Crippen MR) is 91.3 cm³/mol. The lowest BCUT2D eigenvalue weighted by Gasteiger charge is -2.24. The molecule has 0 spiro atoms. The molecule has 0 saturated heterocycles. The van der Waals surface area contributed by atoms with Crippen LogP contribution in [0.25, 0.3) is 11.4 Å². The normalized spacial score (nSPS) is 11.9. The van der Waals surface area contributed by atoms with Crippen molar-refractivity contribution < 1.29 is 9.32 Å². The van der Waals surface area contributed by atoms with Crippen molar-refractivity contribution in [2.45, 2.75) is 25.8 Å². The van der Waals surface area contributed by atoms with Gasteiger partial charge in [-0.3, -0.25) is 4.79 Å². The Morgan fingerprint density at radius 3 is 2.76 bits per heavy atom. The minimum Gasteiger partial charge on any atom is -0.339 e. The summed E-state index contributed by atoms with van der Waals surface area (Å²) < 4.78 is 5.24. The molecule has 25 heavy (non-hydrogen) atoms. The Labute approximate surface area is 145 Å². The van der Waals surface area contributed by atoms with Crippen LogP contribution < -0.4 is 0 Å². The van der Waals surface area contributed by atoms with E-state index in [-0.39, 0.29) is 11.9 Å². The van der Waals surface area contributed by atoms with E-state index in [1.54, 1.807) is 24.2 Å². The van der Waals surface area contributed by atoms with Gasteiger partial charge in [-0.05, 0) is 13.0 Å². The molecular weight excluding hydrogens is 318 g/mol. The number of hydrogen-bond donors (Lipinski definition) is 0. The van der Waals surface area contributed by atoms with Gasteiger partial charge in [-0.25, -0.2) is 9.97 Å². The highest BCUT2D eigenvalue weighted by molar-refractivity contribution is 5.76. The van der Waals surface area contributed by atoms with Gasteiger partial charge >= 0.3 is 0 Å². The smallest absolute Gasteiger partial charge is 0.227 e. The third kappa shape index (κ3) is 4.06. The molecule has 2 aromatic heterocycles. The van der Waals surface area contributed by atoms with Crippen LogP contribution in [0.2, 0.25) is 0 Å². The molecule has 1 amide bonds. The summed E-state index contributed by atoms with van der Waals surface area (Å²) in [4.78, 5) is 26.5. The summed E-state index contributed by atoms with van der Waals surface area (Å²) in [6, 6.07) is 11.3. The van der Waals surface area contributed by atoms with Crippen molar-refractivity contribution in [1.29, 1.82) is 0 Å². The number of hydrogen-bond acceptors (Lipinski definition) is 6. The van der Waals surface area contributed by atoms with E-state index >= 15 is 0 Å². The van der Waals surface area contributed by atoms with Crippen molar-refractivity contribution in [2.75, 3.05) is 7.05 Å². The average molecular weight is 337 g/mol. The summed E-state index contributed by atoms with van der Waals surface area (Å²) >= 11 is 0. The molecule has 1 atom stereocenters. The van der Waals surface area contributed by atoms with Gasteiger partial charge in [0.2, 0.25) is 17.6 Å². The molecule has 0 aliphatic heterocycles. The molecule has 0 radical (unpaired) electrons. The van der Waals surface area contributed by atoms with Crippen molar-refractivity contribution in [3.8, 4) is 11.4 Å². The number of aromatic nitrogens is 4. The van der Waals surface area contributed by atoms with Crippen molar-refractivity contribution in [1.82, 2.24) is 25.0 Å². The van der Waals surface area contributed by atoms with E-state index in [4.69, 9.17) is 4.52 Å². The number of nitrogens with zero attached hydrogens (tertiary/aromatic N) is 5. The Bertz CT molecular complexity index is 820. The van der Waals surface area contributed by atoms with Crippen molar-refractivity contribution in [2.24, 2.45) is 0 Å². The quantitative estimate of drug-likeness (QED) is 0.687. The van der Waals surface area contributed by atoms with Gasteiger partial charge in [-0.1, -0.05) is 35.5 Å². The lowest BCUT2D eigenvalue weighted by Crippen LogP contribution is -2.30. The second-order valence-electron chi connectivity index (χ2n) is 5.69. The van der Waals surface area contributed by atoms with Crippen LogP contribution in [0.1, 0.15) is 31.0 Å². The number of amides is 1. The van der Waals surface area contributed by atoms with Crippen LogP contribution in [0.3, 0.4) is 0 Å². The van der Waals surface area contributed by atoms with E-state index in [2.05, 4.69) is 20.1 Å². The fraction of sp³-hybridized carbons (Fsp3) is 0.278. The van der Waals surface area contributed by atoms with Crippen LogP contribution in [0.5, 0.6) is 0 Å². The highest BCUT2D eigenvalue weighted by Gasteiger charge is 2.19. The Morgan fingerprint density at radius 1 is 1.24 bits per heavy atom. The highest BCUT2D eigenvalue weighted by Crippen LogP contribution is 2.18. The molecule has 0 aliphatic rings. The first-order valence-electron chi connectivity index (χ1n) is 8.04. The monoisotopic (exact) mass is 337 g/mol. The Balaban J connectivity index is 1.58. The zero-order valence-corrected chi connectivity index (χ0v) is 14.2. The first-order valence-corrected chi connectivity index (χ1v) is 8.04. The zero-order chi connectivity index (χ0) is 17.6. The van der Waals surface area contributed by atoms with E-state index in [1.807, 2.05) is 37.3 Å². The van der Waals surface area contributed by atoms with Gasteiger partial charge in [0, 0.05) is 31.6 Å². The number of aryl methyl sites for hydroxylation is 1. The van der Waals surface area contributed by atoms with Crippen LogP contribution in [0.15, 0.2) is 53.4 Å². The van der Waals surface area contributed by atoms with Gasteiger partial charge in [-0.2, -0.15) is 4.98 Å². The number of rotatable bonds is 6. The molecule has 0 bridgehead atoms. The van der Waals surface area contributed by atoms with Gasteiger partial charge in [0.25, 0.3) is 0 Å². The third-order valence-corrected chi connectivity index (χ3v) is 4.06. The van der Waals surface area contributed by atoms with E-state index in [9.17, 15) is 4.79 Å². The van der Waals surface area contributed by atoms with E-state index < -0.39 is 0 Å². The molecule has 2 heterocycles. The lowest BCUT2D eigenvalue weighted by atomic mass is 10.2. The molecule has 7 nitrogen and oxygen atoms in total. The summed E-state index contributed by atoms with van der Waals surface area (Å²) in [5.74, 6) is 0.978. The zero-order valence-electron chi connectivity index (χ0n) is 14.2. The molecule has 0 unspecified atom stereocenters. The first-order chi connectivity index (χ1) is 12.1. The largest absolute Gasteiger partial charge is 0.339 e. The molecule has 0 saturated carbocycles. The van der Waals surface area contributed by atoms with Crippen molar-refractivity contribution in [3.05, 3.63) is 60.5 Å². The van der Waals surface area contributed by atoms with Gasteiger partial charge < -0.3 is 9.42 Å². The van der Waals surface area contributed by atoms with Crippen molar-refractivity contribution in [3.63, 3.8) is 0 Å². The second-order valence-corrected chi connectivity index (χ2v) is 5.69. The Kier molecular flexibility index (Phi) is 5.13. The average Bonchev–Trinajstić information content (AvgIpc) is 3.15. The van der Waals surface area contributed by atoms with Crippen LogP contribution in [0.4, 0.5) is 0 Å². The van der Waals surface area contributed by atoms with Gasteiger partial charge in [0.15, 0.2) is 0 Å². The first kappa shape index (κ1) is 16.8. The van der Waals surface area contributed by atoms with Crippen LogP contribution in [-0.4, -0.2) is 38.0 Å². The predicted octanol–water partition coefficient (Wildman–Crippen LogP) is 2.68. The van der Waals surface area contributed by atoms with Crippen LogP contribution in [-0.2, 0) is 11.2 Å². The van der Waals surface area contributed by atoms with Crippen LogP contribution >= 0.6 is 0 Å². The minimum atomic E-state index is -0.127. The molecular formula is C18H19N5O2. The van der Waals surface area contributed by atoms with E-state index in [0.717, 1.165) is 11.3 Å². The standard InChI is InChI=1S/C18H19N5O2/c1-13(15-10-11-19-12-20-15)23(2)17(24)9-8-16-21-18(22-25-16)14-6-4-3-5-7-14/h3-7,10-13H,8-9H2,1-2H3/t13-/m0/s1. The van der Waals surface area contributed by atoms with Gasteiger partial charge in [0.1, 0.15) is 6.33 Å². The molecule has 0 aliphatic carbocycles. The summed E-state index contributed by atoms with van der Waals surface area (Å²) in [5.41, 5.74) is 1.69. The number of carbonyl (C=O) groups is 1. The van der Waals surface area contributed by atoms with E-state index in [1.165, 1.54) is 6.33 Å². The molecule has 128 valence electrons. The van der Waals surface area contributed by atoms with Crippen LogP contribution in [0, 0.1) is 0 Å². The summed E-state index contributed by atoms with van der Waals surface area (Å²) in [6.45, 7) is 1.93. The molecule has 3 aromatic rings. The minimum absolute atomic E-state index is 0.00873. The SMILES string of the molecule is C[C@@H](c1ccncn1)N(C)C(=O)CCc1nc(-c2ccccc2)no1. The third-order valence-electron chi connectivity index (χ3n) is 4.06. The summed E-state index contributed by atoms with van der Waals surface area (Å²) in [5, 5.41) is 3.96. The summed E-state index contributed by atoms with van der Waals surface area (Å²) in [6.07, 6.45) is 3.84. The topological polar surface area (TPSA) is 85.0 Å².